The van der Waals surface area contributed by atoms with Crippen LogP contribution in [0.5, 0.6) is 0 Å². The van der Waals surface area contributed by atoms with Crippen molar-refractivity contribution in [2.75, 3.05) is 32.8 Å². The Morgan fingerprint density at radius 3 is 2.71 bits per heavy atom. The zero-order chi connectivity index (χ0) is 12.9. The Balaban J connectivity index is 2.35. The van der Waals surface area contributed by atoms with Gasteiger partial charge in [-0.15, -0.1) is 0 Å². The first-order chi connectivity index (χ1) is 7.93. The highest BCUT2D eigenvalue weighted by atomic mass is 16.3. The summed E-state index contributed by atoms with van der Waals surface area (Å²) < 4.78 is 0. The highest BCUT2D eigenvalue weighted by Gasteiger charge is 2.26. The topological polar surface area (TPSA) is 35.5 Å². The Hall–Kier alpha value is -0.120. The van der Waals surface area contributed by atoms with Crippen molar-refractivity contribution in [1.82, 2.24) is 10.2 Å². The molecule has 0 aromatic carbocycles. The molecule has 0 radical (unpaired) electrons. The predicted octanol–water partition coefficient (Wildman–Crippen LogP) is 1.71. The lowest BCUT2D eigenvalue weighted by molar-refractivity contribution is 0.0883. The lowest BCUT2D eigenvalue weighted by Gasteiger charge is -2.38. The van der Waals surface area contributed by atoms with Crippen LogP contribution in [0.4, 0.5) is 0 Å². The summed E-state index contributed by atoms with van der Waals surface area (Å²) in [5, 5.41) is 12.8. The number of hydrogen-bond acceptors (Lipinski definition) is 3. The number of rotatable bonds is 6. The van der Waals surface area contributed by atoms with Gasteiger partial charge in [0.1, 0.15) is 0 Å². The van der Waals surface area contributed by atoms with Crippen LogP contribution in [0, 0.1) is 11.3 Å². The fourth-order valence-corrected chi connectivity index (χ4v) is 2.59. The van der Waals surface area contributed by atoms with E-state index in [1.165, 1.54) is 19.4 Å². The van der Waals surface area contributed by atoms with Crippen LogP contribution in [0.25, 0.3) is 0 Å². The van der Waals surface area contributed by atoms with E-state index in [1.807, 2.05) is 0 Å². The number of likely N-dealkylation sites (tertiary alicyclic amines) is 1. The molecule has 0 amide bonds. The molecule has 0 aromatic heterocycles. The van der Waals surface area contributed by atoms with E-state index < -0.39 is 0 Å². The summed E-state index contributed by atoms with van der Waals surface area (Å²) in [5.74, 6) is 0.498. The van der Waals surface area contributed by atoms with E-state index in [2.05, 4.69) is 37.9 Å². The second kappa shape index (κ2) is 6.72. The number of piperidine rings is 1. The van der Waals surface area contributed by atoms with Crippen molar-refractivity contribution in [1.29, 1.82) is 0 Å². The third-order valence-corrected chi connectivity index (χ3v) is 3.50. The molecule has 0 bridgehead atoms. The molecular weight excluding hydrogens is 212 g/mol. The normalized spacial score (nSPS) is 23.3. The molecule has 17 heavy (non-hydrogen) atoms. The van der Waals surface area contributed by atoms with Crippen LogP contribution < -0.4 is 5.32 Å². The van der Waals surface area contributed by atoms with Crippen molar-refractivity contribution in [2.24, 2.45) is 11.3 Å². The van der Waals surface area contributed by atoms with Crippen LogP contribution in [0.3, 0.4) is 0 Å². The fraction of sp³-hybridized carbons (Fsp3) is 1.00. The van der Waals surface area contributed by atoms with Gasteiger partial charge in [-0.05, 0) is 30.7 Å². The van der Waals surface area contributed by atoms with Crippen LogP contribution in [0.15, 0.2) is 0 Å². The number of aliphatic hydroxyl groups is 1. The molecule has 1 atom stereocenters. The summed E-state index contributed by atoms with van der Waals surface area (Å²) in [6, 6.07) is 0.556. The van der Waals surface area contributed by atoms with Crippen molar-refractivity contribution >= 4 is 0 Å². The lowest BCUT2D eigenvalue weighted by atomic mass is 9.90. The number of nitrogens with zero attached hydrogens (tertiary/aromatic N) is 1. The van der Waals surface area contributed by atoms with E-state index in [0.29, 0.717) is 24.0 Å². The van der Waals surface area contributed by atoms with Gasteiger partial charge in [-0.3, -0.25) is 0 Å². The Bertz CT molecular complexity index is 216. The van der Waals surface area contributed by atoms with E-state index in [9.17, 15) is 5.11 Å². The summed E-state index contributed by atoms with van der Waals surface area (Å²) in [4.78, 5) is 2.52. The Labute approximate surface area is 107 Å². The summed E-state index contributed by atoms with van der Waals surface area (Å²) in [6.07, 6.45) is 2.43. The van der Waals surface area contributed by atoms with Crippen molar-refractivity contribution in [3.05, 3.63) is 0 Å². The summed E-state index contributed by atoms with van der Waals surface area (Å²) >= 11 is 0. The minimum atomic E-state index is 0.307. The van der Waals surface area contributed by atoms with E-state index in [0.717, 1.165) is 19.6 Å². The van der Waals surface area contributed by atoms with Gasteiger partial charge in [0.25, 0.3) is 0 Å². The maximum atomic E-state index is 9.24. The standard InChI is InChI=1S/C14H30N2O/c1-12(2)15-10-14(3,4)11-16-7-5-6-13(8-16)9-17/h12-13,15,17H,5-11H2,1-4H3. The molecule has 0 spiro atoms. The molecule has 1 fully saturated rings. The second-order valence-electron chi connectivity index (χ2n) is 6.63. The Morgan fingerprint density at radius 2 is 2.12 bits per heavy atom. The molecule has 1 aliphatic rings. The molecule has 0 aromatic rings. The average Bonchev–Trinajstić information content (AvgIpc) is 2.26. The minimum absolute atomic E-state index is 0.307. The van der Waals surface area contributed by atoms with Gasteiger partial charge in [0, 0.05) is 32.3 Å². The molecule has 1 rings (SSSR count). The number of aliphatic hydroxyl groups excluding tert-OH is 1. The van der Waals surface area contributed by atoms with Gasteiger partial charge < -0.3 is 15.3 Å². The molecule has 0 saturated carbocycles. The first-order valence-corrected chi connectivity index (χ1v) is 6.99. The summed E-state index contributed by atoms with van der Waals surface area (Å²) in [5.41, 5.74) is 0.307. The first kappa shape index (κ1) is 14.9. The third kappa shape index (κ3) is 5.84. The maximum Gasteiger partial charge on any atom is 0.0471 e. The molecule has 3 nitrogen and oxygen atoms in total. The highest BCUT2D eigenvalue weighted by Crippen LogP contribution is 2.22. The van der Waals surface area contributed by atoms with Gasteiger partial charge in [0.05, 0.1) is 0 Å². The molecule has 1 unspecified atom stereocenters. The van der Waals surface area contributed by atoms with Crippen molar-refractivity contribution in [3.63, 3.8) is 0 Å². The Morgan fingerprint density at radius 1 is 1.41 bits per heavy atom. The molecule has 0 aliphatic carbocycles. The quantitative estimate of drug-likeness (QED) is 0.744. The molecule has 1 aliphatic heterocycles. The van der Waals surface area contributed by atoms with Gasteiger partial charge in [-0.25, -0.2) is 0 Å². The van der Waals surface area contributed by atoms with Crippen LogP contribution in [0.1, 0.15) is 40.5 Å². The molecular formula is C14H30N2O. The minimum Gasteiger partial charge on any atom is -0.396 e. The van der Waals surface area contributed by atoms with Crippen LogP contribution in [-0.2, 0) is 0 Å². The largest absolute Gasteiger partial charge is 0.396 e. The van der Waals surface area contributed by atoms with Gasteiger partial charge in [0.2, 0.25) is 0 Å². The second-order valence-corrected chi connectivity index (χ2v) is 6.63. The number of hydrogen-bond donors (Lipinski definition) is 2. The molecule has 102 valence electrons. The molecule has 2 N–H and O–H groups in total. The van der Waals surface area contributed by atoms with Crippen molar-refractivity contribution in [3.8, 4) is 0 Å². The molecule has 3 heteroatoms. The van der Waals surface area contributed by atoms with Gasteiger partial charge in [-0.1, -0.05) is 27.7 Å². The molecule has 1 heterocycles. The van der Waals surface area contributed by atoms with Crippen molar-refractivity contribution < 1.29 is 5.11 Å². The molecule has 1 saturated heterocycles. The number of nitrogens with one attached hydrogen (secondary N) is 1. The van der Waals surface area contributed by atoms with Crippen molar-refractivity contribution in [2.45, 2.75) is 46.6 Å². The van der Waals surface area contributed by atoms with Gasteiger partial charge in [0.15, 0.2) is 0 Å². The zero-order valence-electron chi connectivity index (χ0n) is 12.0. The van der Waals surface area contributed by atoms with Gasteiger partial charge in [-0.2, -0.15) is 0 Å². The highest BCUT2D eigenvalue weighted by molar-refractivity contribution is 4.80. The average molecular weight is 242 g/mol. The van der Waals surface area contributed by atoms with Crippen LogP contribution in [-0.4, -0.2) is 48.8 Å². The summed E-state index contributed by atoms with van der Waals surface area (Å²) in [7, 11) is 0. The van der Waals surface area contributed by atoms with Crippen LogP contribution >= 0.6 is 0 Å². The van der Waals surface area contributed by atoms with Gasteiger partial charge >= 0.3 is 0 Å². The van der Waals surface area contributed by atoms with E-state index in [4.69, 9.17) is 0 Å². The fourth-order valence-electron chi connectivity index (χ4n) is 2.59. The summed E-state index contributed by atoms with van der Waals surface area (Å²) in [6.45, 7) is 13.8. The maximum absolute atomic E-state index is 9.24. The van der Waals surface area contributed by atoms with Crippen LogP contribution in [0.2, 0.25) is 0 Å². The smallest absolute Gasteiger partial charge is 0.0471 e. The first-order valence-electron chi connectivity index (χ1n) is 6.99. The lowest BCUT2D eigenvalue weighted by Crippen LogP contribution is -2.46. The van der Waals surface area contributed by atoms with E-state index >= 15 is 0 Å². The zero-order valence-corrected chi connectivity index (χ0v) is 12.0. The van der Waals surface area contributed by atoms with E-state index in [-0.39, 0.29) is 0 Å². The van der Waals surface area contributed by atoms with E-state index in [1.54, 1.807) is 0 Å². The third-order valence-electron chi connectivity index (χ3n) is 3.50. The Kier molecular flexibility index (Phi) is 5.90. The predicted molar refractivity (Wildman–Crippen MR) is 73.2 cm³/mol. The monoisotopic (exact) mass is 242 g/mol. The SMILES string of the molecule is CC(C)NCC(C)(C)CN1CCCC(CO)C1.